The summed E-state index contributed by atoms with van der Waals surface area (Å²) in [6.45, 7) is 3.13. The molecule has 1 aliphatic heterocycles. The third-order valence-electron chi connectivity index (χ3n) is 3.88. The van der Waals surface area contributed by atoms with Crippen LogP contribution in [-0.4, -0.2) is 40.7 Å². The van der Waals surface area contributed by atoms with Crippen molar-refractivity contribution in [2.45, 2.75) is 25.8 Å². The third kappa shape index (κ3) is 4.69. The van der Waals surface area contributed by atoms with E-state index in [4.69, 9.17) is 0 Å². The molecular formula is C16H23ClN6O. The molecule has 4 N–H and O–H groups in total. The van der Waals surface area contributed by atoms with Gasteiger partial charge in [0.1, 0.15) is 5.82 Å². The lowest BCUT2D eigenvalue weighted by molar-refractivity contribution is 0.0947. The molecule has 24 heavy (non-hydrogen) atoms. The number of amides is 1. The van der Waals surface area contributed by atoms with Gasteiger partial charge in [0, 0.05) is 50.1 Å². The van der Waals surface area contributed by atoms with Crippen LogP contribution in [-0.2, 0) is 13.0 Å². The Morgan fingerprint density at radius 2 is 2.12 bits per heavy atom. The molecule has 130 valence electrons. The molecule has 3 heterocycles. The lowest BCUT2D eigenvalue weighted by atomic mass is 10.1. The van der Waals surface area contributed by atoms with Crippen LogP contribution in [0.3, 0.4) is 0 Å². The molecule has 1 amide bonds. The van der Waals surface area contributed by atoms with Gasteiger partial charge < -0.3 is 16.0 Å². The second-order valence-corrected chi connectivity index (χ2v) is 5.56. The van der Waals surface area contributed by atoms with Gasteiger partial charge in [0.05, 0.1) is 0 Å². The van der Waals surface area contributed by atoms with E-state index >= 15 is 0 Å². The van der Waals surface area contributed by atoms with Crippen molar-refractivity contribution in [2.75, 3.05) is 25.0 Å². The van der Waals surface area contributed by atoms with Gasteiger partial charge in [0.25, 0.3) is 5.91 Å². The fourth-order valence-electron chi connectivity index (χ4n) is 2.63. The predicted molar refractivity (Wildman–Crippen MR) is 95.5 cm³/mol. The molecule has 7 nitrogen and oxygen atoms in total. The highest BCUT2D eigenvalue weighted by Crippen LogP contribution is 2.14. The minimum absolute atomic E-state index is 0. The highest BCUT2D eigenvalue weighted by atomic mass is 35.5. The molecule has 0 saturated heterocycles. The van der Waals surface area contributed by atoms with Crippen LogP contribution in [0.1, 0.15) is 34.6 Å². The Balaban J connectivity index is 0.00000208. The largest absolute Gasteiger partial charge is 0.370 e. The zero-order valence-corrected chi connectivity index (χ0v) is 14.3. The summed E-state index contributed by atoms with van der Waals surface area (Å²) in [5.41, 5.74) is 2.61. The number of hydrogen-bond donors (Lipinski definition) is 4. The van der Waals surface area contributed by atoms with Crippen molar-refractivity contribution >= 4 is 24.1 Å². The van der Waals surface area contributed by atoms with Gasteiger partial charge in [-0.05, 0) is 25.0 Å². The number of unbranched alkanes of at least 4 members (excludes halogenated alkanes) is 1. The number of halogens is 1. The Morgan fingerprint density at radius 1 is 1.25 bits per heavy atom. The number of carbonyl (C=O) groups is 1. The fraction of sp³-hybridized carbons (Fsp3) is 0.438. The highest BCUT2D eigenvalue weighted by molar-refractivity contribution is 5.94. The molecular weight excluding hydrogens is 328 g/mol. The average molecular weight is 351 g/mol. The molecule has 0 unspecified atom stereocenters. The molecule has 0 saturated carbocycles. The third-order valence-corrected chi connectivity index (χ3v) is 3.88. The maximum atomic E-state index is 12.2. The van der Waals surface area contributed by atoms with Gasteiger partial charge in [0.2, 0.25) is 0 Å². The van der Waals surface area contributed by atoms with Gasteiger partial charge in [-0.15, -0.1) is 12.4 Å². The van der Waals surface area contributed by atoms with Crippen LogP contribution in [0, 0.1) is 0 Å². The Labute approximate surface area is 147 Å². The van der Waals surface area contributed by atoms with E-state index in [1.165, 1.54) is 0 Å². The number of hydrogen-bond acceptors (Lipinski definition) is 5. The summed E-state index contributed by atoms with van der Waals surface area (Å²) in [5, 5.41) is 16.6. The van der Waals surface area contributed by atoms with E-state index in [0.717, 1.165) is 49.4 Å². The summed E-state index contributed by atoms with van der Waals surface area (Å²) >= 11 is 0. The van der Waals surface area contributed by atoms with Gasteiger partial charge in [-0.1, -0.05) is 6.07 Å². The van der Waals surface area contributed by atoms with E-state index in [1.54, 1.807) is 6.20 Å². The number of H-pyrrole nitrogens is 1. The zero-order valence-electron chi connectivity index (χ0n) is 13.5. The van der Waals surface area contributed by atoms with Crippen LogP contribution in [0.15, 0.2) is 24.4 Å². The van der Waals surface area contributed by atoms with Gasteiger partial charge in [-0.25, -0.2) is 4.98 Å². The topological polar surface area (TPSA) is 94.7 Å². The zero-order chi connectivity index (χ0) is 15.9. The SMILES string of the molecule is Cl.O=C(NCCCCNc1ccccn1)c1n[nH]c2c1CNCC2. The first-order chi connectivity index (χ1) is 11.3. The number of anilines is 1. The summed E-state index contributed by atoms with van der Waals surface area (Å²) in [5.74, 6) is 0.788. The Morgan fingerprint density at radius 3 is 2.96 bits per heavy atom. The highest BCUT2D eigenvalue weighted by Gasteiger charge is 2.20. The van der Waals surface area contributed by atoms with E-state index in [0.29, 0.717) is 18.8 Å². The second kappa shape index (κ2) is 9.24. The van der Waals surface area contributed by atoms with Crippen LogP contribution < -0.4 is 16.0 Å². The van der Waals surface area contributed by atoms with E-state index in [9.17, 15) is 4.79 Å². The first kappa shape index (κ1) is 18.2. The molecule has 0 fully saturated rings. The number of nitrogens with zero attached hydrogens (tertiary/aromatic N) is 2. The number of rotatable bonds is 7. The Kier molecular flexibility index (Phi) is 7.02. The van der Waals surface area contributed by atoms with Gasteiger partial charge in [-0.3, -0.25) is 9.89 Å². The first-order valence-corrected chi connectivity index (χ1v) is 8.04. The molecule has 8 heteroatoms. The number of fused-ring (bicyclic) bond motifs is 1. The summed E-state index contributed by atoms with van der Waals surface area (Å²) in [7, 11) is 0. The van der Waals surface area contributed by atoms with Crippen LogP contribution in [0.2, 0.25) is 0 Å². The van der Waals surface area contributed by atoms with Crippen molar-refractivity contribution in [2.24, 2.45) is 0 Å². The van der Waals surface area contributed by atoms with Gasteiger partial charge in [0.15, 0.2) is 5.69 Å². The minimum atomic E-state index is -0.0936. The van der Waals surface area contributed by atoms with Crippen molar-refractivity contribution < 1.29 is 4.79 Å². The molecule has 0 radical (unpaired) electrons. The number of aromatic nitrogens is 3. The summed E-state index contributed by atoms with van der Waals surface area (Å²) in [6.07, 6.45) is 4.55. The molecule has 0 aliphatic carbocycles. The van der Waals surface area contributed by atoms with Gasteiger partial charge in [-0.2, -0.15) is 5.10 Å². The van der Waals surface area contributed by atoms with Crippen LogP contribution in [0.5, 0.6) is 0 Å². The molecule has 2 aromatic heterocycles. The maximum Gasteiger partial charge on any atom is 0.272 e. The second-order valence-electron chi connectivity index (χ2n) is 5.56. The molecule has 1 aliphatic rings. The molecule has 0 aromatic carbocycles. The number of nitrogens with one attached hydrogen (secondary N) is 4. The van der Waals surface area contributed by atoms with Crippen LogP contribution >= 0.6 is 12.4 Å². The summed E-state index contributed by atoms with van der Waals surface area (Å²) in [6, 6.07) is 5.79. The fourth-order valence-corrected chi connectivity index (χ4v) is 2.63. The molecule has 0 bridgehead atoms. The van der Waals surface area contributed by atoms with Crippen molar-refractivity contribution in [3.05, 3.63) is 41.3 Å². The Bertz CT molecular complexity index is 645. The van der Waals surface area contributed by atoms with Crippen molar-refractivity contribution in [1.82, 2.24) is 25.8 Å². The minimum Gasteiger partial charge on any atom is -0.370 e. The maximum absolute atomic E-state index is 12.2. The molecule has 0 atom stereocenters. The van der Waals surface area contributed by atoms with Crippen LogP contribution in [0.25, 0.3) is 0 Å². The van der Waals surface area contributed by atoms with E-state index in [1.807, 2.05) is 18.2 Å². The molecule has 0 spiro atoms. The normalized spacial score (nSPS) is 12.8. The van der Waals surface area contributed by atoms with Crippen molar-refractivity contribution in [3.63, 3.8) is 0 Å². The number of pyridine rings is 1. The average Bonchev–Trinajstić information content (AvgIpc) is 3.03. The van der Waals surface area contributed by atoms with Crippen molar-refractivity contribution in [3.8, 4) is 0 Å². The smallest absolute Gasteiger partial charge is 0.272 e. The molecule has 3 rings (SSSR count). The van der Waals surface area contributed by atoms with E-state index < -0.39 is 0 Å². The van der Waals surface area contributed by atoms with Gasteiger partial charge >= 0.3 is 0 Å². The number of carbonyl (C=O) groups excluding carboxylic acids is 1. The van der Waals surface area contributed by atoms with Crippen molar-refractivity contribution in [1.29, 1.82) is 0 Å². The van der Waals surface area contributed by atoms with E-state index in [2.05, 4.69) is 31.1 Å². The summed E-state index contributed by atoms with van der Waals surface area (Å²) < 4.78 is 0. The lowest BCUT2D eigenvalue weighted by Crippen LogP contribution is -2.29. The quantitative estimate of drug-likeness (QED) is 0.568. The Hall–Kier alpha value is -2.12. The molecule has 2 aromatic rings. The standard InChI is InChI=1S/C16H22N6O.ClH/c23-16(15-12-11-17-10-6-13(12)21-22-15)20-9-4-3-8-19-14-5-1-2-7-18-14;/h1-2,5,7,17H,3-4,6,8-11H2,(H,18,19)(H,20,23)(H,21,22);1H. The monoisotopic (exact) mass is 350 g/mol. The van der Waals surface area contributed by atoms with Crippen LogP contribution in [0.4, 0.5) is 5.82 Å². The predicted octanol–water partition coefficient (Wildman–Crippen LogP) is 1.49. The lowest BCUT2D eigenvalue weighted by Gasteiger charge is -2.12. The summed E-state index contributed by atoms with van der Waals surface area (Å²) in [4.78, 5) is 16.4. The number of aromatic amines is 1. The van der Waals surface area contributed by atoms with E-state index in [-0.39, 0.29) is 18.3 Å². The first-order valence-electron chi connectivity index (χ1n) is 8.04.